The van der Waals surface area contributed by atoms with E-state index in [1.807, 2.05) is 19.9 Å². The molecule has 6 nitrogen and oxygen atoms in total. The number of nitrogens with zero attached hydrogens (tertiary/aromatic N) is 3. The van der Waals surface area contributed by atoms with E-state index in [1.54, 1.807) is 12.1 Å². The number of rotatable bonds is 4. The van der Waals surface area contributed by atoms with Gasteiger partial charge in [-0.15, -0.1) is 0 Å². The lowest BCUT2D eigenvalue weighted by molar-refractivity contribution is 0.118. The Morgan fingerprint density at radius 1 is 1.18 bits per heavy atom. The van der Waals surface area contributed by atoms with Gasteiger partial charge in [0, 0.05) is 17.5 Å². The van der Waals surface area contributed by atoms with Crippen molar-refractivity contribution in [1.82, 2.24) is 10.1 Å². The first kappa shape index (κ1) is 18.9. The van der Waals surface area contributed by atoms with E-state index in [9.17, 15) is 5.26 Å². The Labute approximate surface area is 166 Å². The molecular formula is C22H28N4O2. The minimum Gasteiger partial charge on any atom is -0.490 e. The second-order valence-corrected chi connectivity index (χ2v) is 8.41. The summed E-state index contributed by atoms with van der Waals surface area (Å²) in [6.07, 6.45) is 7.01. The standard InChI is InChI=1S/C22H28N4O2/c1-13(2)27-20-10-9-14(11-15(20)12-23)22-25-21(26-28-22)18-7-3-6-17-16(18)5-4-8-19(17)24/h9-11,13,16-19H,3-8,24H2,1-2H3/t16-,17-,18-,19-/m0/s1. The molecule has 4 atom stereocenters. The lowest BCUT2D eigenvalue weighted by atomic mass is 9.63. The molecule has 2 aliphatic carbocycles. The summed E-state index contributed by atoms with van der Waals surface area (Å²) in [4.78, 5) is 4.72. The molecule has 28 heavy (non-hydrogen) atoms. The van der Waals surface area contributed by atoms with Crippen LogP contribution in [0.15, 0.2) is 22.7 Å². The number of hydrogen-bond acceptors (Lipinski definition) is 6. The number of aromatic nitrogens is 2. The van der Waals surface area contributed by atoms with Crippen molar-refractivity contribution in [2.45, 2.75) is 70.4 Å². The Morgan fingerprint density at radius 2 is 1.96 bits per heavy atom. The number of fused-ring (bicyclic) bond motifs is 1. The van der Waals surface area contributed by atoms with E-state index in [1.165, 1.54) is 25.7 Å². The second kappa shape index (κ2) is 7.92. The maximum absolute atomic E-state index is 9.46. The maximum Gasteiger partial charge on any atom is 0.257 e. The van der Waals surface area contributed by atoms with E-state index in [2.05, 4.69) is 11.2 Å². The molecular weight excluding hydrogens is 352 g/mol. The van der Waals surface area contributed by atoms with E-state index in [0.29, 0.717) is 41.0 Å². The molecule has 0 aliphatic heterocycles. The Bertz CT molecular complexity index is 870. The molecule has 0 amide bonds. The van der Waals surface area contributed by atoms with Crippen LogP contribution in [0.2, 0.25) is 0 Å². The highest BCUT2D eigenvalue weighted by atomic mass is 16.5. The third-order valence-electron chi connectivity index (χ3n) is 6.23. The first-order valence-corrected chi connectivity index (χ1v) is 10.4. The predicted octanol–water partition coefficient (Wildman–Crippen LogP) is 4.41. The molecule has 1 aromatic heterocycles. The molecule has 6 heteroatoms. The van der Waals surface area contributed by atoms with Gasteiger partial charge in [-0.25, -0.2) is 0 Å². The fraction of sp³-hybridized carbons (Fsp3) is 0.591. The molecule has 1 aromatic carbocycles. The van der Waals surface area contributed by atoms with Crippen molar-refractivity contribution < 1.29 is 9.26 Å². The number of ether oxygens (including phenoxy) is 1. The molecule has 0 spiro atoms. The number of nitrogens with two attached hydrogens (primary N) is 1. The Balaban J connectivity index is 1.58. The highest BCUT2D eigenvalue weighted by Crippen LogP contribution is 2.47. The molecule has 0 bridgehead atoms. The van der Waals surface area contributed by atoms with Crippen molar-refractivity contribution in [3.05, 3.63) is 29.6 Å². The maximum atomic E-state index is 9.46. The number of benzene rings is 1. The average Bonchev–Trinajstić information content (AvgIpc) is 3.18. The molecule has 1 heterocycles. The molecule has 2 aromatic rings. The highest BCUT2D eigenvalue weighted by molar-refractivity contribution is 5.60. The Kier molecular flexibility index (Phi) is 5.36. The quantitative estimate of drug-likeness (QED) is 0.844. The molecule has 0 unspecified atom stereocenters. The molecule has 148 valence electrons. The minimum atomic E-state index is 0.00840. The summed E-state index contributed by atoms with van der Waals surface area (Å²) in [5.74, 6) is 3.28. The summed E-state index contributed by atoms with van der Waals surface area (Å²) < 4.78 is 11.3. The highest BCUT2D eigenvalue weighted by Gasteiger charge is 2.41. The third kappa shape index (κ3) is 3.64. The van der Waals surface area contributed by atoms with Crippen LogP contribution in [-0.4, -0.2) is 22.3 Å². The summed E-state index contributed by atoms with van der Waals surface area (Å²) in [6, 6.07) is 7.93. The van der Waals surface area contributed by atoms with Crippen LogP contribution < -0.4 is 10.5 Å². The molecule has 2 saturated carbocycles. The van der Waals surface area contributed by atoms with Crippen LogP contribution in [0.25, 0.3) is 11.5 Å². The van der Waals surface area contributed by atoms with E-state index in [-0.39, 0.29) is 6.10 Å². The molecule has 0 saturated heterocycles. The van der Waals surface area contributed by atoms with Crippen LogP contribution in [-0.2, 0) is 0 Å². The summed E-state index contributed by atoms with van der Waals surface area (Å²) >= 11 is 0. The second-order valence-electron chi connectivity index (χ2n) is 8.41. The molecule has 2 N–H and O–H groups in total. The SMILES string of the molecule is CC(C)Oc1ccc(-c2nc([C@H]3CCC[C@H]4[C@@H]3CCC[C@@H]4N)no2)cc1C#N. The van der Waals surface area contributed by atoms with Gasteiger partial charge in [-0.1, -0.05) is 18.0 Å². The van der Waals surface area contributed by atoms with Crippen molar-refractivity contribution in [1.29, 1.82) is 5.26 Å². The van der Waals surface area contributed by atoms with E-state index >= 15 is 0 Å². The van der Waals surface area contributed by atoms with Crippen molar-refractivity contribution in [3.8, 4) is 23.3 Å². The van der Waals surface area contributed by atoms with Crippen LogP contribution >= 0.6 is 0 Å². The topological polar surface area (TPSA) is 98.0 Å². The molecule has 2 fully saturated rings. The zero-order chi connectivity index (χ0) is 19.7. The summed E-state index contributed by atoms with van der Waals surface area (Å²) in [5, 5.41) is 13.8. The monoisotopic (exact) mass is 380 g/mol. The van der Waals surface area contributed by atoms with Crippen LogP contribution in [0.5, 0.6) is 5.75 Å². The fourth-order valence-electron chi connectivity index (χ4n) is 4.98. The van der Waals surface area contributed by atoms with Gasteiger partial charge in [0.25, 0.3) is 5.89 Å². The largest absolute Gasteiger partial charge is 0.490 e. The third-order valence-corrected chi connectivity index (χ3v) is 6.23. The summed E-state index contributed by atoms with van der Waals surface area (Å²) in [7, 11) is 0. The summed E-state index contributed by atoms with van der Waals surface area (Å²) in [6.45, 7) is 3.88. The molecule has 2 aliphatic rings. The van der Waals surface area contributed by atoms with Crippen molar-refractivity contribution in [3.63, 3.8) is 0 Å². The fourth-order valence-corrected chi connectivity index (χ4v) is 4.98. The first-order valence-electron chi connectivity index (χ1n) is 10.4. The van der Waals surface area contributed by atoms with E-state index in [0.717, 1.165) is 24.2 Å². The number of nitriles is 1. The van der Waals surface area contributed by atoms with E-state index in [4.69, 9.17) is 20.0 Å². The Morgan fingerprint density at radius 3 is 2.75 bits per heavy atom. The van der Waals surface area contributed by atoms with Crippen molar-refractivity contribution in [2.24, 2.45) is 17.6 Å². The van der Waals surface area contributed by atoms with Crippen LogP contribution in [0.4, 0.5) is 0 Å². The zero-order valence-electron chi connectivity index (χ0n) is 16.6. The van der Waals surface area contributed by atoms with Gasteiger partial charge in [-0.3, -0.25) is 0 Å². The normalized spacial score (nSPS) is 27.2. The lowest BCUT2D eigenvalue weighted by Crippen LogP contribution is -2.43. The smallest absolute Gasteiger partial charge is 0.257 e. The zero-order valence-corrected chi connectivity index (χ0v) is 16.6. The number of hydrogen-bond donors (Lipinski definition) is 1. The van der Waals surface area contributed by atoms with Crippen molar-refractivity contribution in [2.75, 3.05) is 0 Å². The van der Waals surface area contributed by atoms with Crippen molar-refractivity contribution >= 4 is 0 Å². The van der Waals surface area contributed by atoms with Gasteiger partial charge in [0.05, 0.1) is 11.7 Å². The van der Waals surface area contributed by atoms with Crippen LogP contribution in [0.3, 0.4) is 0 Å². The van der Waals surface area contributed by atoms with Gasteiger partial charge >= 0.3 is 0 Å². The minimum absolute atomic E-state index is 0.00840. The van der Waals surface area contributed by atoms with Gasteiger partial charge in [0.2, 0.25) is 0 Å². The average molecular weight is 380 g/mol. The Hall–Kier alpha value is -2.39. The van der Waals surface area contributed by atoms with Gasteiger partial charge in [0.15, 0.2) is 5.82 Å². The van der Waals surface area contributed by atoms with Crippen LogP contribution in [0.1, 0.15) is 69.7 Å². The van der Waals surface area contributed by atoms with Gasteiger partial charge in [0.1, 0.15) is 11.8 Å². The van der Waals surface area contributed by atoms with Crippen LogP contribution in [0, 0.1) is 23.2 Å². The first-order chi connectivity index (χ1) is 13.6. The predicted molar refractivity (Wildman–Crippen MR) is 106 cm³/mol. The molecule has 4 rings (SSSR count). The van der Waals surface area contributed by atoms with Gasteiger partial charge < -0.3 is 15.0 Å². The molecule has 0 radical (unpaired) electrons. The van der Waals surface area contributed by atoms with Gasteiger partial charge in [-0.2, -0.15) is 10.2 Å². The summed E-state index contributed by atoms with van der Waals surface area (Å²) in [5.41, 5.74) is 7.62. The van der Waals surface area contributed by atoms with E-state index < -0.39 is 0 Å². The lowest BCUT2D eigenvalue weighted by Gasteiger charge is -2.43. The van der Waals surface area contributed by atoms with Gasteiger partial charge in [-0.05, 0) is 69.6 Å².